The van der Waals surface area contributed by atoms with Crippen LogP contribution in [0, 0.1) is 20.8 Å². The normalized spacial score (nSPS) is 11.7. The number of aryl methyl sites for hydroxylation is 3. The molecule has 0 saturated heterocycles. The molecule has 4 heteroatoms. The Kier molecular flexibility index (Phi) is 6.24. The molecule has 0 fully saturated rings. The predicted octanol–water partition coefficient (Wildman–Crippen LogP) is 3.57. The Labute approximate surface area is 143 Å². The molecule has 0 spiro atoms. The van der Waals surface area contributed by atoms with Crippen molar-refractivity contribution < 1.29 is 14.3 Å². The molecule has 2 rings (SSSR count). The van der Waals surface area contributed by atoms with Crippen molar-refractivity contribution in [2.45, 2.75) is 33.8 Å². The molecular weight excluding hydrogens is 302 g/mol. The monoisotopic (exact) mass is 327 g/mol. The summed E-state index contributed by atoms with van der Waals surface area (Å²) in [5.41, 5.74) is 3.42. The Morgan fingerprint density at radius 3 is 2.21 bits per heavy atom. The van der Waals surface area contributed by atoms with Crippen molar-refractivity contribution in [1.82, 2.24) is 5.32 Å². The summed E-state index contributed by atoms with van der Waals surface area (Å²) in [7, 11) is 0. The number of hydrogen-bond donors (Lipinski definition) is 1. The van der Waals surface area contributed by atoms with Crippen LogP contribution in [0.5, 0.6) is 11.5 Å². The number of amides is 1. The number of hydrogen-bond acceptors (Lipinski definition) is 3. The highest BCUT2D eigenvalue weighted by atomic mass is 16.5. The molecule has 4 nitrogen and oxygen atoms in total. The van der Waals surface area contributed by atoms with Crippen LogP contribution in [-0.4, -0.2) is 25.2 Å². The topological polar surface area (TPSA) is 47.6 Å². The molecule has 0 saturated carbocycles. The molecule has 2 aromatic carbocycles. The lowest BCUT2D eigenvalue weighted by molar-refractivity contribution is -0.127. The number of ether oxygens (including phenoxy) is 2. The highest BCUT2D eigenvalue weighted by molar-refractivity contribution is 5.80. The quantitative estimate of drug-likeness (QED) is 0.791. The number of carbonyl (C=O) groups is 1. The van der Waals surface area contributed by atoms with Gasteiger partial charge in [0.05, 0.1) is 6.54 Å². The van der Waals surface area contributed by atoms with E-state index in [1.165, 1.54) is 5.56 Å². The van der Waals surface area contributed by atoms with Gasteiger partial charge in [-0.05, 0) is 63.1 Å². The summed E-state index contributed by atoms with van der Waals surface area (Å²) in [6.07, 6.45) is -0.550. The van der Waals surface area contributed by atoms with Gasteiger partial charge in [-0.3, -0.25) is 4.79 Å². The first kappa shape index (κ1) is 17.9. The van der Waals surface area contributed by atoms with Crippen molar-refractivity contribution in [1.29, 1.82) is 0 Å². The molecule has 0 aliphatic rings. The summed E-state index contributed by atoms with van der Waals surface area (Å²) >= 11 is 0. The minimum absolute atomic E-state index is 0.151. The van der Waals surface area contributed by atoms with Crippen LogP contribution in [0.2, 0.25) is 0 Å². The number of nitrogens with one attached hydrogen (secondary N) is 1. The van der Waals surface area contributed by atoms with Crippen LogP contribution < -0.4 is 14.8 Å². The highest BCUT2D eigenvalue weighted by Gasteiger charge is 2.14. The largest absolute Gasteiger partial charge is 0.492 e. The van der Waals surface area contributed by atoms with E-state index in [0.717, 1.165) is 16.9 Å². The van der Waals surface area contributed by atoms with Crippen molar-refractivity contribution >= 4 is 5.91 Å². The molecule has 1 unspecified atom stereocenters. The Balaban J connectivity index is 1.74. The van der Waals surface area contributed by atoms with E-state index in [-0.39, 0.29) is 5.91 Å². The molecule has 0 radical (unpaired) electrons. The summed E-state index contributed by atoms with van der Waals surface area (Å²) in [6, 6.07) is 13.8. The van der Waals surface area contributed by atoms with E-state index in [1.807, 2.05) is 57.2 Å². The van der Waals surface area contributed by atoms with Gasteiger partial charge in [-0.15, -0.1) is 0 Å². The molecule has 1 atom stereocenters. The third-order valence-electron chi connectivity index (χ3n) is 3.57. The summed E-state index contributed by atoms with van der Waals surface area (Å²) in [5, 5.41) is 2.82. The first-order valence-corrected chi connectivity index (χ1v) is 8.16. The van der Waals surface area contributed by atoms with Crippen molar-refractivity contribution in [3.8, 4) is 11.5 Å². The number of carbonyl (C=O) groups excluding carboxylic acids is 1. The lowest BCUT2D eigenvalue weighted by Crippen LogP contribution is -2.38. The standard InChI is InChI=1S/C20H25NO3/c1-14-5-7-18(8-6-14)23-10-9-21-20(22)17(4)24-19-12-15(2)11-16(3)13-19/h5-8,11-13,17H,9-10H2,1-4H3,(H,21,22). The fraction of sp³-hybridized carbons (Fsp3) is 0.350. The molecule has 0 heterocycles. The van der Waals surface area contributed by atoms with Crippen LogP contribution in [0.1, 0.15) is 23.6 Å². The minimum Gasteiger partial charge on any atom is -0.492 e. The maximum Gasteiger partial charge on any atom is 0.260 e. The van der Waals surface area contributed by atoms with Gasteiger partial charge in [0.25, 0.3) is 5.91 Å². The molecule has 0 bridgehead atoms. The second kappa shape index (κ2) is 8.39. The van der Waals surface area contributed by atoms with E-state index < -0.39 is 6.10 Å². The lowest BCUT2D eigenvalue weighted by Gasteiger charge is -2.16. The predicted molar refractivity (Wildman–Crippen MR) is 95.7 cm³/mol. The van der Waals surface area contributed by atoms with E-state index in [1.54, 1.807) is 6.92 Å². The van der Waals surface area contributed by atoms with Gasteiger partial charge in [0, 0.05) is 0 Å². The minimum atomic E-state index is -0.550. The summed E-state index contributed by atoms with van der Waals surface area (Å²) in [5.74, 6) is 1.36. The first-order chi connectivity index (χ1) is 11.4. The van der Waals surface area contributed by atoms with Gasteiger partial charge in [-0.1, -0.05) is 23.8 Å². The van der Waals surface area contributed by atoms with Crippen molar-refractivity contribution in [3.05, 3.63) is 59.2 Å². The molecular formula is C20H25NO3. The zero-order valence-corrected chi connectivity index (χ0v) is 14.8. The maximum atomic E-state index is 12.1. The first-order valence-electron chi connectivity index (χ1n) is 8.16. The second-order valence-corrected chi connectivity index (χ2v) is 6.04. The molecule has 0 aliphatic heterocycles. The molecule has 128 valence electrons. The lowest BCUT2D eigenvalue weighted by atomic mass is 10.1. The highest BCUT2D eigenvalue weighted by Crippen LogP contribution is 2.17. The zero-order valence-electron chi connectivity index (χ0n) is 14.8. The number of benzene rings is 2. The second-order valence-electron chi connectivity index (χ2n) is 6.04. The van der Waals surface area contributed by atoms with E-state index in [0.29, 0.717) is 18.9 Å². The Morgan fingerprint density at radius 1 is 0.958 bits per heavy atom. The maximum absolute atomic E-state index is 12.1. The van der Waals surface area contributed by atoms with Gasteiger partial charge in [-0.2, -0.15) is 0 Å². The van der Waals surface area contributed by atoms with Crippen molar-refractivity contribution in [2.75, 3.05) is 13.2 Å². The van der Waals surface area contributed by atoms with Crippen molar-refractivity contribution in [2.24, 2.45) is 0 Å². The van der Waals surface area contributed by atoms with Crippen molar-refractivity contribution in [3.63, 3.8) is 0 Å². The summed E-state index contributed by atoms with van der Waals surface area (Å²) in [6.45, 7) is 8.65. The summed E-state index contributed by atoms with van der Waals surface area (Å²) in [4.78, 5) is 12.1. The van der Waals surface area contributed by atoms with Gasteiger partial charge in [0.1, 0.15) is 18.1 Å². The van der Waals surface area contributed by atoms with E-state index >= 15 is 0 Å². The van der Waals surface area contributed by atoms with E-state index in [2.05, 4.69) is 11.4 Å². The van der Waals surface area contributed by atoms with Gasteiger partial charge in [0.2, 0.25) is 0 Å². The average molecular weight is 327 g/mol. The average Bonchev–Trinajstić information content (AvgIpc) is 2.52. The molecule has 24 heavy (non-hydrogen) atoms. The van der Waals surface area contributed by atoms with Crippen LogP contribution >= 0.6 is 0 Å². The van der Waals surface area contributed by atoms with Crippen LogP contribution in [-0.2, 0) is 4.79 Å². The van der Waals surface area contributed by atoms with Crippen LogP contribution in [0.3, 0.4) is 0 Å². The van der Waals surface area contributed by atoms with Crippen LogP contribution in [0.15, 0.2) is 42.5 Å². The fourth-order valence-electron chi connectivity index (χ4n) is 2.38. The molecule has 2 aromatic rings. The van der Waals surface area contributed by atoms with Crippen LogP contribution in [0.25, 0.3) is 0 Å². The zero-order chi connectivity index (χ0) is 17.5. The van der Waals surface area contributed by atoms with Gasteiger partial charge in [-0.25, -0.2) is 0 Å². The van der Waals surface area contributed by atoms with Gasteiger partial charge < -0.3 is 14.8 Å². The number of rotatable bonds is 7. The third-order valence-corrected chi connectivity index (χ3v) is 3.57. The SMILES string of the molecule is Cc1ccc(OCCNC(=O)C(C)Oc2cc(C)cc(C)c2)cc1. The summed E-state index contributed by atoms with van der Waals surface area (Å²) < 4.78 is 11.3. The van der Waals surface area contributed by atoms with E-state index in [9.17, 15) is 4.79 Å². The van der Waals surface area contributed by atoms with Gasteiger partial charge in [0.15, 0.2) is 6.10 Å². The molecule has 1 amide bonds. The Bertz CT molecular complexity index is 660. The fourth-order valence-corrected chi connectivity index (χ4v) is 2.38. The molecule has 0 aliphatic carbocycles. The van der Waals surface area contributed by atoms with Crippen LogP contribution in [0.4, 0.5) is 0 Å². The molecule has 1 N–H and O–H groups in total. The Morgan fingerprint density at radius 2 is 1.58 bits per heavy atom. The molecule has 0 aromatic heterocycles. The smallest absolute Gasteiger partial charge is 0.260 e. The third kappa shape index (κ3) is 5.61. The van der Waals surface area contributed by atoms with Gasteiger partial charge >= 0.3 is 0 Å². The van der Waals surface area contributed by atoms with E-state index in [4.69, 9.17) is 9.47 Å². The Hall–Kier alpha value is -2.49.